The molecule has 1 unspecified atom stereocenters. The summed E-state index contributed by atoms with van der Waals surface area (Å²) in [5.74, 6) is 0.578. The second-order valence-corrected chi connectivity index (χ2v) is 4.83. The van der Waals surface area contributed by atoms with Crippen molar-refractivity contribution in [3.8, 4) is 0 Å². The molecular formula is C14H22FN. The summed E-state index contributed by atoms with van der Waals surface area (Å²) in [6, 6.07) is 7.47. The van der Waals surface area contributed by atoms with Crippen LogP contribution in [0.4, 0.5) is 4.39 Å². The summed E-state index contributed by atoms with van der Waals surface area (Å²) < 4.78 is 13.3. The predicted octanol–water partition coefficient (Wildman–Crippen LogP) is 3.39. The number of hydrogen-bond acceptors (Lipinski definition) is 1. The van der Waals surface area contributed by atoms with Crippen molar-refractivity contribution in [3.63, 3.8) is 0 Å². The molecule has 0 aromatic heterocycles. The minimum Gasteiger partial charge on any atom is -0.314 e. The summed E-state index contributed by atoms with van der Waals surface area (Å²) in [6.07, 6.45) is 1.78. The van der Waals surface area contributed by atoms with E-state index in [0.717, 1.165) is 24.9 Å². The number of benzene rings is 1. The normalized spacial score (nSPS) is 13.1. The number of rotatable bonds is 6. The molecule has 0 saturated heterocycles. The lowest BCUT2D eigenvalue weighted by molar-refractivity contribution is 0.461. The Balaban J connectivity index is 2.31. The fourth-order valence-corrected chi connectivity index (χ4v) is 1.61. The van der Waals surface area contributed by atoms with Crippen LogP contribution in [0.3, 0.4) is 0 Å². The fourth-order valence-electron chi connectivity index (χ4n) is 1.61. The molecule has 0 aliphatic heterocycles. The van der Waals surface area contributed by atoms with Crippen LogP contribution in [-0.4, -0.2) is 12.6 Å². The summed E-state index contributed by atoms with van der Waals surface area (Å²) in [5.41, 5.74) is 0.820. The molecule has 0 spiro atoms. The smallest absolute Gasteiger partial charge is 0.126 e. The lowest BCUT2D eigenvalue weighted by Gasteiger charge is -2.15. The standard InChI is InChI=1S/C14H22FN/c1-11(2)10-16-12(3)8-9-13-6-4-5-7-14(13)15/h4-7,11-12,16H,8-10H2,1-3H3. The van der Waals surface area contributed by atoms with E-state index in [1.165, 1.54) is 6.07 Å². The highest BCUT2D eigenvalue weighted by Crippen LogP contribution is 2.10. The Kier molecular flexibility index (Phi) is 5.47. The van der Waals surface area contributed by atoms with Gasteiger partial charge in [-0.2, -0.15) is 0 Å². The molecule has 1 aromatic carbocycles. The monoisotopic (exact) mass is 223 g/mol. The Hall–Kier alpha value is -0.890. The third kappa shape index (κ3) is 4.75. The number of halogens is 1. The van der Waals surface area contributed by atoms with Crippen molar-refractivity contribution in [1.82, 2.24) is 5.32 Å². The molecule has 1 aromatic rings. The lowest BCUT2D eigenvalue weighted by atomic mass is 10.1. The van der Waals surface area contributed by atoms with Gasteiger partial charge in [0.15, 0.2) is 0 Å². The first kappa shape index (κ1) is 13.2. The number of nitrogens with one attached hydrogen (secondary N) is 1. The molecule has 0 amide bonds. The van der Waals surface area contributed by atoms with Gasteiger partial charge < -0.3 is 5.32 Å². The van der Waals surface area contributed by atoms with Crippen LogP contribution in [0.5, 0.6) is 0 Å². The van der Waals surface area contributed by atoms with Crippen LogP contribution in [0.2, 0.25) is 0 Å². The first-order valence-electron chi connectivity index (χ1n) is 6.06. The largest absolute Gasteiger partial charge is 0.314 e. The minimum absolute atomic E-state index is 0.0847. The van der Waals surface area contributed by atoms with Crippen molar-refractivity contribution >= 4 is 0 Å². The molecule has 1 N–H and O–H groups in total. The maximum absolute atomic E-state index is 13.3. The van der Waals surface area contributed by atoms with Gasteiger partial charge in [0.05, 0.1) is 0 Å². The molecule has 90 valence electrons. The molecule has 1 rings (SSSR count). The first-order chi connectivity index (χ1) is 7.59. The summed E-state index contributed by atoms with van der Waals surface area (Å²) in [5, 5.41) is 3.45. The van der Waals surface area contributed by atoms with Gasteiger partial charge in [0, 0.05) is 6.04 Å². The zero-order valence-corrected chi connectivity index (χ0v) is 10.5. The molecule has 0 aliphatic rings. The van der Waals surface area contributed by atoms with Gasteiger partial charge in [-0.15, -0.1) is 0 Å². The highest BCUT2D eigenvalue weighted by Gasteiger charge is 2.05. The van der Waals surface area contributed by atoms with Crippen LogP contribution in [-0.2, 0) is 6.42 Å². The zero-order valence-electron chi connectivity index (χ0n) is 10.5. The maximum Gasteiger partial charge on any atom is 0.126 e. The maximum atomic E-state index is 13.3. The molecule has 0 saturated carbocycles. The Bertz CT molecular complexity index is 309. The average Bonchev–Trinajstić information content (AvgIpc) is 2.25. The van der Waals surface area contributed by atoms with Crippen molar-refractivity contribution < 1.29 is 4.39 Å². The number of aryl methyl sites for hydroxylation is 1. The second-order valence-electron chi connectivity index (χ2n) is 4.83. The molecule has 0 fully saturated rings. The van der Waals surface area contributed by atoms with Gasteiger partial charge in [0.25, 0.3) is 0 Å². The minimum atomic E-state index is -0.0847. The molecule has 0 aliphatic carbocycles. The molecule has 1 nitrogen and oxygen atoms in total. The highest BCUT2D eigenvalue weighted by molar-refractivity contribution is 5.17. The van der Waals surface area contributed by atoms with Crippen LogP contribution >= 0.6 is 0 Å². The Morgan fingerprint density at radius 1 is 1.19 bits per heavy atom. The molecule has 0 radical (unpaired) electrons. The molecule has 16 heavy (non-hydrogen) atoms. The summed E-state index contributed by atoms with van der Waals surface area (Å²) >= 11 is 0. The van der Waals surface area contributed by atoms with Gasteiger partial charge in [-0.05, 0) is 43.9 Å². The lowest BCUT2D eigenvalue weighted by Crippen LogP contribution is -2.30. The Morgan fingerprint density at radius 2 is 1.88 bits per heavy atom. The Labute approximate surface area is 98.1 Å². The second kappa shape index (κ2) is 6.64. The van der Waals surface area contributed by atoms with Crippen molar-refractivity contribution in [2.75, 3.05) is 6.54 Å². The van der Waals surface area contributed by atoms with Crippen molar-refractivity contribution in [3.05, 3.63) is 35.6 Å². The van der Waals surface area contributed by atoms with Crippen LogP contribution in [0.1, 0.15) is 32.8 Å². The first-order valence-corrected chi connectivity index (χ1v) is 6.06. The van der Waals surface area contributed by atoms with E-state index in [-0.39, 0.29) is 5.82 Å². The quantitative estimate of drug-likeness (QED) is 0.779. The molecular weight excluding hydrogens is 201 g/mol. The van der Waals surface area contributed by atoms with Crippen LogP contribution in [0, 0.1) is 11.7 Å². The van der Waals surface area contributed by atoms with Gasteiger partial charge in [-0.3, -0.25) is 0 Å². The van der Waals surface area contributed by atoms with Gasteiger partial charge >= 0.3 is 0 Å². The van der Waals surface area contributed by atoms with E-state index in [2.05, 4.69) is 26.1 Å². The van der Waals surface area contributed by atoms with E-state index in [0.29, 0.717) is 12.0 Å². The van der Waals surface area contributed by atoms with Gasteiger partial charge in [-0.25, -0.2) is 4.39 Å². The van der Waals surface area contributed by atoms with Crippen LogP contribution < -0.4 is 5.32 Å². The average molecular weight is 223 g/mol. The third-order valence-electron chi connectivity index (χ3n) is 2.68. The van der Waals surface area contributed by atoms with Crippen molar-refractivity contribution in [1.29, 1.82) is 0 Å². The topological polar surface area (TPSA) is 12.0 Å². The third-order valence-corrected chi connectivity index (χ3v) is 2.68. The van der Waals surface area contributed by atoms with Crippen LogP contribution in [0.25, 0.3) is 0 Å². The van der Waals surface area contributed by atoms with Crippen molar-refractivity contribution in [2.24, 2.45) is 5.92 Å². The summed E-state index contributed by atoms with van der Waals surface area (Å²) in [4.78, 5) is 0. The van der Waals surface area contributed by atoms with E-state index >= 15 is 0 Å². The van der Waals surface area contributed by atoms with Gasteiger partial charge in [-0.1, -0.05) is 32.0 Å². The number of hydrogen-bond donors (Lipinski definition) is 1. The van der Waals surface area contributed by atoms with E-state index in [1.807, 2.05) is 12.1 Å². The summed E-state index contributed by atoms with van der Waals surface area (Å²) in [7, 11) is 0. The van der Waals surface area contributed by atoms with E-state index in [4.69, 9.17) is 0 Å². The van der Waals surface area contributed by atoms with Gasteiger partial charge in [0.2, 0.25) is 0 Å². The molecule has 2 heteroatoms. The highest BCUT2D eigenvalue weighted by atomic mass is 19.1. The van der Waals surface area contributed by atoms with E-state index in [9.17, 15) is 4.39 Å². The van der Waals surface area contributed by atoms with E-state index in [1.54, 1.807) is 6.07 Å². The zero-order chi connectivity index (χ0) is 12.0. The van der Waals surface area contributed by atoms with Crippen LogP contribution in [0.15, 0.2) is 24.3 Å². The summed E-state index contributed by atoms with van der Waals surface area (Å²) in [6.45, 7) is 7.56. The molecule has 0 heterocycles. The molecule has 0 bridgehead atoms. The Morgan fingerprint density at radius 3 is 2.50 bits per heavy atom. The predicted molar refractivity (Wildman–Crippen MR) is 67.0 cm³/mol. The van der Waals surface area contributed by atoms with Gasteiger partial charge in [0.1, 0.15) is 5.82 Å². The molecule has 1 atom stereocenters. The van der Waals surface area contributed by atoms with Crippen molar-refractivity contribution in [2.45, 2.75) is 39.7 Å². The SMILES string of the molecule is CC(C)CNC(C)CCc1ccccc1F. The fraction of sp³-hybridized carbons (Fsp3) is 0.571. The van der Waals surface area contributed by atoms with E-state index < -0.39 is 0 Å².